The first kappa shape index (κ1) is 14.9. The molecule has 5 heteroatoms. The zero-order valence-corrected chi connectivity index (χ0v) is 13.4. The lowest BCUT2D eigenvalue weighted by atomic mass is 10.00. The lowest BCUT2D eigenvalue weighted by Crippen LogP contribution is -2.50. The maximum absolute atomic E-state index is 12.7. The third-order valence-electron chi connectivity index (χ3n) is 4.38. The third kappa shape index (κ3) is 2.66. The minimum Gasteiger partial charge on any atom is -0.493 e. The normalized spacial score (nSPS) is 24.5. The van der Waals surface area contributed by atoms with Crippen molar-refractivity contribution in [2.75, 3.05) is 6.61 Å². The summed E-state index contributed by atoms with van der Waals surface area (Å²) in [6.45, 7) is 2.43. The number of fused-ring (bicyclic) bond motifs is 2. The zero-order chi connectivity index (χ0) is 16.5. The highest BCUT2D eigenvalue weighted by molar-refractivity contribution is 5.83. The van der Waals surface area contributed by atoms with Gasteiger partial charge in [0.2, 0.25) is 6.10 Å². The highest BCUT2D eigenvalue weighted by Gasteiger charge is 2.35. The van der Waals surface area contributed by atoms with Crippen molar-refractivity contribution in [1.82, 2.24) is 5.32 Å². The van der Waals surface area contributed by atoms with Crippen LogP contribution in [0, 0.1) is 0 Å². The van der Waals surface area contributed by atoms with E-state index in [2.05, 4.69) is 5.32 Å². The van der Waals surface area contributed by atoms with Crippen molar-refractivity contribution in [2.24, 2.45) is 0 Å². The van der Waals surface area contributed by atoms with Crippen molar-refractivity contribution in [1.29, 1.82) is 0 Å². The number of para-hydroxylation sites is 3. The van der Waals surface area contributed by atoms with Gasteiger partial charge in [-0.15, -0.1) is 0 Å². The molecular formula is C19H19NO4. The smallest absolute Gasteiger partial charge is 0.265 e. The Kier molecular flexibility index (Phi) is 3.76. The van der Waals surface area contributed by atoms with E-state index in [1.807, 2.05) is 55.5 Å². The number of carbonyl (C=O) groups is 1. The molecule has 2 aromatic carbocycles. The fourth-order valence-electron chi connectivity index (χ4n) is 3.15. The van der Waals surface area contributed by atoms with E-state index >= 15 is 0 Å². The van der Waals surface area contributed by atoms with Gasteiger partial charge in [0.05, 0.1) is 12.6 Å². The summed E-state index contributed by atoms with van der Waals surface area (Å²) in [7, 11) is 0. The molecule has 2 aliphatic heterocycles. The Morgan fingerprint density at radius 1 is 1.00 bits per heavy atom. The van der Waals surface area contributed by atoms with Crippen molar-refractivity contribution in [2.45, 2.75) is 31.6 Å². The van der Waals surface area contributed by atoms with Crippen LogP contribution in [0.3, 0.4) is 0 Å². The van der Waals surface area contributed by atoms with Gasteiger partial charge in [0.25, 0.3) is 5.91 Å². The van der Waals surface area contributed by atoms with Gasteiger partial charge in [-0.2, -0.15) is 0 Å². The number of hydrogen-bond acceptors (Lipinski definition) is 4. The SMILES string of the molecule is C[C@@H]1Oc2ccccc2O[C@H]1C(=O)N[C@H]1CCOc2ccccc21. The molecule has 2 aromatic rings. The molecule has 0 aliphatic carbocycles. The van der Waals surface area contributed by atoms with Crippen LogP contribution in [-0.4, -0.2) is 24.7 Å². The molecule has 0 spiro atoms. The second kappa shape index (κ2) is 6.07. The first-order valence-electron chi connectivity index (χ1n) is 8.17. The fraction of sp³-hybridized carbons (Fsp3) is 0.316. The van der Waals surface area contributed by atoms with Gasteiger partial charge in [-0.3, -0.25) is 4.79 Å². The van der Waals surface area contributed by atoms with E-state index in [9.17, 15) is 4.79 Å². The van der Waals surface area contributed by atoms with Crippen LogP contribution in [0.15, 0.2) is 48.5 Å². The molecule has 0 fully saturated rings. The van der Waals surface area contributed by atoms with Crippen LogP contribution >= 0.6 is 0 Å². The first-order valence-corrected chi connectivity index (χ1v) is 8.17. The quantitative estimate of drug-likeness (QED) is 0.922. The largest absolute Gasteiger partial charge is 0.493 e. The minimum absolute atomic E-state index is 0.0737. The highest BCUT2D eigenvalue weighted by Crippen LogP contribution is 2.35. The van der Waals surface area contributed by atoms with Gasteiger partial charge in [-0.1, -0.05) is 30.3 Å². The molecule has 24 heavy (non-hydrogen) atoms. The molecule has 0 radical (unpaired) electrons. The maximum atomic E-state index is 12.7. The van der Waals surface area contributed by atoms with Gasteiger partial charge in [-0.05, 0) is 25.1 Å². The summed E-state index contributed by atoms with van der Waals surface area (Å²) in [6.07, 6.45) is -0.286. The topological polar surface area (TPSA) is 56.8 Å². The van der Waals surface area contributed by atoms with Crippen LogP contribution in [0.2, 0.25) is 0 Å². The first-order chi connectivity index (χ1) is 11.7. The number of hydrogen-bond donors (Lipinski definition) is 1. The molecule has 2 heterocycles. The number of benzene rings is 2. The van der Waals surface area contributed by atoms with Gasteiger partial charge in [-0.25, -0.2) is 0 Å². The van der Waals surface area contributed by atoms with Crippen LogP contribution in [0.1, 0.15) is 24.9 Å². The third-order valence-corrected chi connectivity index (χ3v) is 4.38. The summed E-state index contributed by atoms with van der Waals surface area (Å²) < 4.78 is 17.3. The molecule has 1 N–H and O–H groups in total. The van der Waals surface area contributed by atoms with Crippen LogP contribution < -0.4 is 19.5 Å². The second-order valence-corrected chi connectivity index (χ2v) is 6.04. The summed E-state index contributed by atoms with van der Waals surface area (Å²) in [5.41, 5.74) is 1.00. The van der Waals surface area contributed by atoms with E-state index in [4.69, 9.17) is 14.2 Å². The fourth-order valence-corrected chi connectivity index (χ4v) is 3.15. The van der Waals surface area contributed by atoms with Crippen molar-refractivity contribution < 1.29 is 19.0 Å². The summed E-state index contributed by atoms with van der Waals surface area (Å²) in [4.78, 5) is 12.7. The molecule has 4 rings (SSSR count). The van der Waals surface area contributed by atoms with E-state index in [1.165, 1.54) is 0 Å². The molecule has 3 atom stereocenters. The summed E-state index contributed by atoms with van der Waals surface area (Å²) in [5, 5.41) is 3.08. The van der Waals surface area contributed by atoms with E-state index in [0.717, 1.165) is 17.7 Å². The van der Waals surface area contributed by atoms with E-state index in [1.54, 1.807) is 0 Å². The molecule has 1 amide bonds. The molecular weight excluding hydrogens is 306 g/mol. The Hall–Kier alpha value is -2.69. The Morgan fingerprint density at radius 3 is 2.46 bits per heavy atom. The molecule has 0 unspecified atom stereocenters. The summed E-state index contributed by atoms with van der Waals surface area (Å²) in [6, 6.07) is 15.1. The minimum atomic E-state index is -0.671. The van der Waals surface area contributed by atoms with Gasteiger partial charge < -0.3 is 19.5 Å². The predicted molar refractivity (Wildman–Crippen MR) is 88.4 cm³/mol. The second-order valence-electron chi connectivity index (χ2n) is 6.04. The van der Waals surface area contributed by atoms with Crippen LogP contribution in [-0.2, 0) is 4.79 Å². The predicted octanol–water partition coefficient (Wildman–Crippen LogP) is 2.85. The Balaban J connectivity index is 1.51. The van der Waals surface area contributed by atoms with Gasteiger partial charge in [0, 0.05) is 12.0 Å². The lowest BCUT2D eigenvalue weighted by molar-refractivity contribution is -0.134. The number of rotatable bonds is 2. The average molecular weight is 325 g/mol. The lowest BCUT2D eigenvalue weighted by Gasteiger charge is -2.33. The van der Waals surface area contributed by atoms with Crippen LogP contribution in [0.4, 0.5) is 0 Å². The van der Waals surface area contributed by atoms with Crippen molar-refractivity contribution in [3.05, 3.63) is 54.1 Å². The molecule has 0 saturated carbocycles. The molecule has 0 saturated heterocycles. The highest BCUT2D eigenvalue weighted by atomic mass is 16.6. The van der Waals surface area contributed by atoms with Crippen LogP contribution in [0.5, 0.6) is 17.2 Å². The summed E-state index contributed by atoms with van der Waals surface area (Å²) in [5.74, 6) is 1.93. The van der Waals surface area contributed by atoms with E-state index in [-0.39, 0.29) is 18.1 Å². The molecule has 0 aromatic heterocycles. The van der Waals surface area contributed by atoms with Gasteiger partial charge >= 0.3 is 0 Å². The molecule has 124 valence electrons. The van der Waals surface area contributed by atoms with E-state index < -0.39 is 6.10 Å². The van der Waals surface area contributed by atoms with Gasteiger partial charge in [0.1, 0.15) is 11.9 Å². The van der Waals surface area contributed by atoms with Crippen molar-refractivity contribution in [3.63, 3.8) is 0 Å². The average Bonchev–Trinajstić information content (AvgIpc) is 2.61. The number of amides is 1. The number of ether oxygens (including phenoxy) is 3. The monoisotopic (exact) mass is 325 g/mol. The maximum Gasteiger partial charge on any atom is 0.265 e. The van der Waals surface area contributed by atoms with Crippen molar-refractivity contribution >= 4 is 5.91 Å². The number of nitrogens with one attached hydrogen (secondary N) is 1. The molecule has 5 nitrogen and oxygen atoms in total. The standard InChI is InChI=1S/C19H19NO4/c1-12-18(24-17-9-5-4-8-16(17)23-12)19(21)20-14-10-11-22-15-7-3-2-6-13(14)15/h2-9,12,14,18H,10-11H2,1H3,(H,20,21)/t12-,14-,18+/m0/s1. The van der Waals surface area contributed by atoms with Crippen LogP contribution in [0.25, 0.3) is 0 Å². The van der Waals surface area contributed by atoms with Gasteiger partial charge in [0.15, 0.2) is 11.5 Å². The van der Waals surface area contributed by atoms with E-state index in [0.29, 0.717) is 18.1 Å². The molecule has 2 aliphatic rings. The summed E-state index contributed by atoms with van der Waals surface area (Å²) >= 11 is 0. The Bertz CT molecular complexity index is 761. The van der Waals surface area contributed by atoms with Crippen molar-refractivity contribution in [3.8, 4) is 17.2 Å². The number of carbonyl (C=O) groups excluding carboxylic acids is 1. The Morgan fingerprint density at radius 2 is 1.67 bits per heavy atom. The Labute approximate surface area is 140 Å². The zero-order valence-electron chi connectivity index (χ0n) is 13.4. The molecule has 0 bridgehead atoms.